The molecule has 0 saturated heterocycles. The number of carboxylic acid groups (broad SMARTS) is 1. The third-order valence-electron chi connectivity index (χ3n) is 3.80. The zero-order chi connectivity index (χ0) is 14.2. The molecule has 1 aromatic heterocycles. The first-order valence-electron chi connectivity index (χ1n) is 6.51. The minimum atomic E-state index is -0.981. The van der Waals surface area contributed by atoms with Gasteiger partial charge < -0.3 is 10.0 Å². The predicted molar refractivity (Wildman–Crippen MR) is 74.7 cm³/mol. The maximum atomic E-state index is 12.3. The highest BCUT2D eigenvalue weighted by molar-refractivity contribution is 7.14. The summed E-state index contributed by atoms with van der Waals surface area (Å²) in [6.07, 6.45) is 3.23. The highest BCUT2D eigenvalue weighted by atomic mass is 32.1. The van der Waals surface area contributed by atoms with Crippen molar-refractivity contribution < 1.29 is 14.7 Å². The number of thiophene rings is 1. The molecule has 1 aliphatic rings. The normalized spacial score (nSPS) is 19.6. The van der Waals surface area contributed by atoms with Gasteiger partial charge in [-0.3, -0.25) is 4.79 Å². The third-order valence-corrected chi connectivity index (χ3v) is 5.02. The number of fused-ring (bicyclic) bond motifs is 1. The fraction of sp³-hybridized carbons (Fsp3) is 0.571. The monoisotopic (exact) mass is 281 g/mol. The van der Waals surface area contributed by atoms with Crippen LogP contribution >= 0.6 is 11.3 Å². The van der Waals surface area contributed by atoms with E-state index < -0.39 is 12.0 Å². The summed E-state index contributed by atoms with van der Waals surface area (Å²) in [5.41, 5.74) is 1.27. The first-order valence-corrected chi connectivity index (χ1v) is 7.33. The van der Waals surface area contributed by atoms with Crippen LogP contribution in [0.1, 0.15) is 40.4 Å². The van der Waals surface area contributed by atoms with Gasteiger partial charge >= 0.3 is 5.97 Å². The lowest BCUT2D eigenvalue weighted by molar-refractivity contribution is -0.141. The van der Waals surface area contributed by atoms with Crippen molar-refractivity contribution in [3.63, 3.8) is 0 Å². The number of nitrogens with zero attached hydrogens (tertiary/aromatic N) is 1. The lowest BCUT2D eigenvalue weighted by Gasteiger charge is -2.20. The van der Waals surface area contributed by atoms with Crippen LogP contribution in [0.5, 0.6) is 0 Å². The van der Waals surface area contributed by atoms with Crippen LogP contribution in [-0.4, -0.2) is 35.0 Å². The van der Waals surface area contributed by atoms with E-state index in [-0.39, 0.29) is 5.91 Å². The van der Waals surface area contributed by atoms with E-state index in [4.69, 9.17) is 5.11 Å². The molecule has 1 amide bonds. The smallest absolute Gasteiger partial charge is 0.326 e. The van der Waals surface area contributed by atoms with Gasteiger partial charge in [-0.15, -0.1) is 11.3 Å². The van der Waals surface area contributed by atoms with E-state index in [1.54, 1.807) is 7.05 Å². The van der Waals surface area contributed by atoms with E-state index in [9.17, 15) is 9.59 Å². The quantitative estimate of drug-likeness (QED) is 0.925. The highest BCUT2D eigenvalue weighted by Crippen LogP contribution is 2.32. The Kier molecular flexibility index (Phi) is 3.94. The predicted octanol–water partition coefficient (Wildman–Crippen LogP) is 2.42. The first-order chi connectivity index (χ1) is 8.90. The maximum absolute atomic E-state index is 12.3. The van der Waals surface area contributed by atoms with E-state index in [2.05, 4.69) is 6.92 Å². The zero-order valence-corrected chi connectivity index (χ0v) is 12.3. The van der Waals surface area contributed by atoms with Crippen molar-refractivity contribution in [1.82, 2.24) is 4.90 Å². The van der Waals surface area contributed by atoms with Crippen LogP contribution in [0.25, 0.3) is 0 Å². The number of carbonyl (C=O) groups is 2. The van der Waals surface area contributed by atoms with E-state index in [0.717, 1.165) is 12.8 Å². The van der Waals surface area contributed by atoms with Crippen LogP contribution in [0.4, 0.5) is 0 Å². The molecule has 0 saturated carbocycles. The van der Waals surface area contributed by atoms with Crippen LogP contribution in [-0.2, 0) is 17.6 Å². The molecule has 1 aliphatic carbocycles. The van der Waals surface area contributed by atoms with Crippen LogP contribution in [0, 0.1) is 5.92 Å². The summed E-state index contributed by atoms with van der Waals surface area (Å²) in [4.78, 5) is 26.4. The summed E-state index contributed by atoms with van der Waals surface area (Å²) in [6, 6.07) is 1.15. The standard InChI is InChI=1S/C14H19NO3S/c1-8-4-5-11-10(6-8)7-12(19-11)13(16)15(3)9(2)14(17)18/h7-9H,4-6H2,1-3H3,(H,17,18). The lowest BCUT2D eigenvalue weighted by atomic mass is 9.90. The van der Waals surface area contributed by atoms with Crippen LogP contribution < -0.4 is 0 Å². The largest absolute Gasteiger partial charge is 0.480 e. The molecular weight excluding hydrogens is 262 g/mol. The molecule has 1 heterocycles. The molecule has 0 aliphatic heterocycles. The van der Waals surface area contributed by atoms with Gasteiger partial charge in [0.1, 0.15) is 6.04 Å². The van der Waals surface area contributed by atoms with Gasteiger partial charge in [0.2, 0.25) is 0 Å². The Labute approximate surface area is 117 Å². The topological polar surface area (TPSA) is 57.6 Å². The molecule has 1 N–H and O–H groups in total. The van der Waals surface area contributed by atoms with Crippen molar-refractivity contribution >= 4 is 23.2 Å². The molecule has 0 bridgehead atoms. The summed E-state index contributed by atoms with van der Waals surface area (Å²) in [5, 5.41) is 8.95. The Balaban J connectivity index is 2.18. The van der Waals surface area contributed by atoms with E-state index >= 15 is 0 Å². The van der Waals surface area contributed by atoms with Crippen molar-refractivity contribution in [1.29, 1.82) is 0 Å². The Morgan fingerprint density at radius 2 is 2.21 bits per heavy atom. The number of amides is 1. The lowest BCUT2D eigenvalue weighted by Crippen LogP contribution is -2.39. The number of hydrogen-bond acceptors (Lipinski definition) is 3. The number of aliphatic carboxylic acids is 1. The van der Waals surface area contributed by atoms with E-state index in [1.807, 2.05) is 6.07 Å². The summed E-state index contributed by atoms with van der Waals surface area (Å²) in [5.74, 6) is -0.506. The van der Waals surface area contributed by atoms with Crippen molar-refractivity contribution in [2.45, 2.75) is 39.2 Å². The minimum absolute atomic E-state index is 0.193. The summed E-state index contributed by atoms with van der Waals surface area (Å²) in [7, 11) is 1.54. The highest BCUT2D eigenvalue weighted by Gasteiger charge is 2.26. The Hall–Kier alpha value is -1.36. The second kappa shape index (κ2) is 5.33. The molecule has 5 heteroatoms. The number of rotatable bonds is 3. The molecule has 0 radical (unpaired) electrons. The molecule has 0 fully saturated rings. The average Bonchev–Trinajstić information content (AvgIpc) is 2.78. The molecule has 0 aromatic carbocycles. The van der Waals surface area contributed by atoms with E-state index in [1.165, 1.54) is 40.0 Å². The van der Waals surface area contributed by atoms with Gasteiger partial charge in [-0.1, -0.05) is 6.92 Å². The van der Waals surface area contributed by atoms with Gasteiger partial charge in [-0.25, -0.2) is 4.79 Å². The number of carboxylic acids is 1. The Morgan fingerprint density at radius 1 is 1.53 bits per heavy atom. The van der Waals surface area contributed by atoms with Crippen molar-refractivity contribution in [3.05, 3.63) is 21.4 Å². The number of hydrogen-bond donors (Lipinski definition) is 1. The molecule has 4 nitrogen and oxygen atoms in total. The van der Waals surface area contributed by atoms with Gasteiger partial charge in [0.05, 0.1) is 4.88 Å². The molecule has 1 aromatic rings. The van der Waals surface area contributed by atoms with Crippen LogP contribution in [0.2, 0.25) is 0 Å². The fourth-order valence-electron chi connectivity index (χ4n) is 2.33. The number of likely N-dealkylation sites (N-methyl/N-ethyl adjacent to an activating group) is 1. The minimum Gasteiger partial charge on any atom is -0.480 e. The first kappa shape index (κ1) is 14.1. The van der Waals surface area contributed by atoms with Gasteiger partial charge in [-0.2, -0.15) is 0 Å². The number of aryl methyl sites for hydroxylation is 1. The van der Waals surface area contributed by atoms with Crippen molar-refractivity contribution in [2.75, 3.05) is 7.05 Å². The SMILES string of the molecule is CC1CCc2sc(C(=O)N(C)C(C)C(=O)O)cc2C1. The van der Waals surface area contributed by atoms with Crippen molar-refractivity contribution in [3.8, 4) is 0 Å². The molecular formula is C14H19NO3S. The van der Waals surface area contributed by atoms with Crippen molar-refractivity contribution in [2.24, 2.45) is 5.92 Å². The molecule has 19 heavy (non-hydrogen) atoms. The molecule has 104 valence electrons. The Morgan fingerprint density at radius 3 is 2.84 bits per heavy atom. The van der Waals surface area contributed by atoms with Gasteiger partial charge in [0.15, 0.2) is 0 Å². The maximum Gasteiger partial charge on any atom is 0.326 e. The zero-order valence-electron chi connectivity index (χ0n) is 11.5. The average molecular weight is 281 g/mol. The molecule has 2 unspecified atom stereocenters. The molecule has 2 rings (SSSR count). The summed E-state index contributed by atoms with van der Waals surface area (Å²) < 4.78 is 0. The molecule has 2 atom stereocenters. The molecule has 0 spiro atoms. The number of carbonyl (C=O) groups excluding carboxylic acids is 1. The second-order valence-corrected chi connectivity index (χ2v) is 6.47. The summed E-state index contributed by atoms with van der Waals surface area (Å²) in [6.45, 7) is 3.75. The van der Waals surface area contributed by atoms with E-state index in [0.29, 0.717) is 10.8 Å². The second-order valence-electron chi connectivity index (χ2n) is 5.34. The fourth-order valence-corrected chi connectivity index (χ4v) is 3.52. The van der Waals surface area contributed by atoms with Gasteiger partial charge in [0.25, 0.3) is 5.91 Å². The third kappa shape index (κ3) is 2.81. The van der Waals surface area contributed by atoms with Gasteiger partial charge in [0, 0.05) is 11.9 Å². The Bertz CT molecular complexity index is 509. The summed E-state index contributed by atoms with van der Waals surface area (Å²) >= 11 is 1.52. The van der Waals surface area contributed by atoms with Gasteiger partial charge in [-0.05, 0) is 43.7 Å². The van der Waals surface area contributed by atoms with Crippen LogP contribution in [0.3, 0.4) is 0 Å². The van der Waals surface area contributed by atoms with Crippen LogP contribution in [0.15, 0.2) is 6.07 Å².